The molecule has 4 saturated carbocycles. The van der Waals surface area contributed by atoms with Gasteiger partial charge in [-0.3, -0.25) is 19.9 Å². The van der Waals surface area contributed by atoms with E-state index in [1.807, 2.05) is 0 Å². The van der Waals surface area contributed by atoms with Crippen molar-refractivity contribution in [2.45, 2.75) is 51.5 Å². The van der Waals surface area contributed by atoms with Gasteiger partial charge in [0.25, 0.3) is 5.91 Å². The van der Waals surface area contributed by atoms with Crippen LogP contribution in [0.3, 0.4) is 0 Å². The molecule has 4 bridgehead atoms. The average molecular weight is 359 g/mol. The molecule has 2 heterocycles. The first-order valence-corrected chi connectivity index (χ1v) is 9.88. The van der Waals surface area contributed by atoms with E-state index in [0.717, 1.165) is 36.5 Å². The molecular weight excluding hydrogens is 333 g/mol. The minimum Gasteiger partial charge on any atom is -0.297 e. The predicted octanol–water partition coefficient (Wildman–Crippen LogP) is 2.91. The number of carbonyl (C=O) groups is 1. The normalized spacial score (nSPS) is 35.4. The number of amides is 1. The van der Waals surface area contributed by atoms with E-state index < -0.39 is 11.7 Å². The average Bonchev–Trinajstić information content (AvgIpc) is 2.60. The molecule has 0 atom stereocenters. The van der Waals surface area contributed by atoms with E-state index in [1.54, 1.807) is 0 Å². The molecule has 4 aliphatic carbocycles. The van der Waals surface area contributed by atoms with Crippen LogP contribution < -0.4 is 5.48 Å². The van der Waals surface area contributed by atoms with Gasteiger partial charge in [0.15, 0.2) is 0 Å². The van der Waals surface area contributed by atoms with Gasteiger partial charge in [-0.25, -0.2) is 9.87 Å². The summed E-state index contributed by atoms with van der Waals surface area (Å²) < 4.78 is 14.6. The lowest BCUT2D eigenvalue weighted by atomic mass is 9.49. The van der Waals surface area contributed by atoms with E-state index in [-0.39, 0.29) is 5.56 Å². The topological polar surface area (TPSA) is 65.5 Å². The Balaban J connectivity index is 1.34. The molecule has 1 aromatic heterocycles. The molecule has 0 saturated heterocycles. The van der Waals surface area contributed by atoms with E-state index in [1.165, 1.54) is 50.2 Å². The van der Waals surface area contributed by atoms with E-state index in [9.17, 15) is 9.18 Å². The summed E-state index contributed by atoms with van der Waals surface area (Å²) in [5.41, 5.74) is 3.07. The minimum absolute atomic E-state index is 0.180. The number of halogens is 1. The van der Waals surface area contributed by atoms with Gasteiger partial charge in [0.05, 0.1) is 11.3 Å². The lowest BCUT2D eigenvalue weighted by Gasteiger charge is -2.58. The van der Waals surface area contributed by atoms with Crippen molar-refractivity contribution in [2.75, 3.05) is 13.1 Å². The van der Waals surface area contributed by atoms with E-state index in [4.69, 9.17) is 5.21 Å². The summed E-state index contributed by atoms with van der Waals surface area (Å²) in [4.78, 5) is 18.3. The summed E-state index contributed by atoms with van der Waals surface area (Å²) in [7, 11) is 0. The van der Waals surface area contributed by atoms with E-state index >= 15 is 0 Å². The van der Waals surface area contributed by atoms with Gasteiger partial charge in [-0.1, -0.05) is 0 Å². The van der Waals surface area contributed by atoms with Crippen LogP contribution in [-0.4, -0.2) is 34.1 Å². The Labute approximate surface area is 152 Å². The molecule has 0 radical (unpaired) electrons. The monoisotopic (exact) mass is 359 g/mol. The van der Waals surface area contributed by atoms with Crippen molar-refractivity contribution < 1.29 is 14.4 Å². The number of aromatic nitrogens is 1. The summed E-state index contributed by atoms with van der Waals surface area (Å²) in [6.45, 7) is 2.59. The summed E-state index contributed by atoms with van der Waals surface area (Å²) in [6.07, 6.45) is 10.3. The summed E-state index contributed by atoms with van der Waals surface area (Å²) in [5, 5.41) is 8.75. The maximum absolute atomic E-state index is 14.6. The van der Waals surface area contributed by atoms with Crippen LogP contribution in [0.4, 0.5) is 4.39 Å². The van der Waals surface area contributed by atoms with Gasteiger partial charge in [0, 0.05) is 31.4 Å². The molecule has 0 aromatic carbocycles. The van der Waals surface area contributed by atoms with Crippen LogP contribution in [0.15, 0.2) is 6.20 Å². The second-order valence-corrected chi connectivity index (χ2v) is 9.23. The molecule has 5 nitrogen and oxygen atoms in total. The third-order valence-electron chi connectivity index (χ3n) is 7.32. The Bertz CT molecular complexity index is 716. The van der Waals surface area contributed by atoms with Crippen molar-refractivity contribution in [1.29, 1.82) is 0 Å². The lowest BCUT2D eigenvalue weighted by Crippen LogP contribution is -2.52. The zero-order valence-corrected chi connectivity index (χ0v) is 15.0. The zero-order chi connectivity index (χ0) is 17.9. The number of hydrogen-bond donors (Lipinski definition) is 2. The molecule has 0 spiro atoms. The van der Waals surface area contributed by atoms with Crippen LogP contribution in [0.5, 0.6) is 0 Å². The maximum Gasteiger partial charge on any atom is 0.279 e. The molecule has 0 unspecified atom stereocenters. The predicted molar refractivity (Wildman–Crippen MR) is 93.0 cm³/mol. The number of hydrogen-bond acceptors (Lipinski definition) is 4. The van der Waals surface area contributed by atoms with Crippen LogP contribution in [0, 0.1) is 29.0 Å². The highest BCUT2D eigenvalue weighted by Crippen LogP contribution is 2.60. The van der Waals surface area contributed by atoms with Crippen molar-refractivity contribution in [3.63, 3.8) is 0 Å². The Morgan fingerprint density at radius 1 is 1.27 bits per heavy atom. The molecule has 6 rings (SSSR count). The fraction of sp³-hybridized carbons (Fsp3) is 0.700. The lowest BCUT2D eigenvalue weighted by molar-refractivity contribution is -0.0710. The van der Waals surface area contributed by atoms with Crippen molar-refractivity contribution in [3.8, 4) is 0 Å². The molecule has 1 amide bonds. The summed E-state index contributed by atoms with van der Waals surface area (Å²) in [6, 6.07) is 0. The Kier molecular flexibility index (Phi) is 3.83. The molecule has 1 aromatic rings. The van der Waals surface area contributed by atoms with Crippen molar-refractivity contribution in [2.24, 2.45) is 23.2 Å². The van der Waals surface area contributed by atoms with Gasteiger partial charge in [0.2, 0.25) is 0 Å². The maximum atomic E-state index is 14.6. The SMILES string of the molecule is O=C(NO)c1cnc2c(c1F)CCN(CC13CC4CC(CC(C4)C1)C3)C2. The summed E-state index contributed by atoms with van der Waals surface area (Å²) in [5.74, 6) is 1.44. The number of pyridine rings is 1. The van der Waals surface area contributed by atoms with Gasteiger partial charge >= 0.3 is 0 Å². The highest BCUT2D eigenvalue weighted by molar-refractivity contribution is 5.93. The van der Waals surface area contributed by atoms with Gasteiger partial charge in [-0.2, -0.15) is 0 Å². The molecule has 1 aliphatic heterocycles. The second kappa shape index (κ2) is 5.99. The Hall–Kier alpha value is -1.53. The highest BCUT2D eigenvalue weighted by Gasteiger charge is 2.51. The van der Waals surface area contributed by atoms with Crippen molar-refractivity contribution in [3.05, 3.63) is 28.8 Å². The third kappa shape index (κ3) is 2.65. The van der Waals surface area contributed by atoms with Crippen LogP contribution in [0.2, 0.25) is 0 Å². The molecule has 6 heteroatoms. The van der Waals surface area contributed by atoms with Crippen molar-refractivity contribution in [1.82, 2.24) is 15.4 Å². The number of fused-ring (bicyclic) bond motifs is 1. The molecule has 2 N–H and O–H groups in total. The number of carbonyl (C=O) groups excluding carboxylic acids is 1. The fourth-order valence-electron chi connectivity index (χ4n) is 6.83. The number of nitrogens with zero attached hydrogens (tertiary/aromatic N) is 2. The zero-order valence-electron chi connectivity index (χ0n) is 15.0. The Morgan fingerprint density at radius 3 is 2.54 bits per heavy atom. The summed E-state index contributed by atoms with van der Waals surface area (Å²) >= 11 is 0. The van der Waals surface area contributed by atoms with Crippen LogP contribution >= 0.6 is 0 Å². The van der Waals surface area contributed by atoms with Crippen LogP contribution in [-0.2, 0) is 13.0 Å². The molecule has 4 fully saturated rings. The molecular formula is C20H26FN3O2. The minimum atomic E-state index is -0.839. The standard InChI is InChI=1S/C20H26FN3O2/c21-18-15-1-2-24(10-17(15)22-9-16(18)19(25)23-26)11-20-6-12-3-13(7-20)5-14(4-12)8-20/h9,12-14,26H,1-8,10-11H2,(H,23,25). The van der Waals surface area contributed by atoms with E-state index in [2.05, 4.69) is 9.88 Å². The van der Waals surface area contributed by atoms with Gasteiger partial charge in [-0.15, -0.1) is 0 Å². The molecule has 5 aliphatic rings. The van der Waals surface area contributed by atoms with Gasteiger partial charge < -0.3 is 0 Å². The van der Waals surface area contributed by atoms with Crippen LogP contribution in [0.25, 0.3) is 0 Å². The first kappa shape index (κ1) is 16.6. The fourth-order valence-corrected chi connectivity index (χ4v) is 6.83. The first-order valence-electron chi connectivity index (χ1n) is 9.88. The highest BCUT2D eigenvalue weighted by atomic mass is 19.1. The van der Waals surface area contributed by atoms with Gasteiger partial charge in [-0.05, 0) is 68.1 Å². The number of nitrogens with one attached hydrogen (secondary N) is 1. The third-order valence-corrected chi connectivity index (χ3v) is 7.32. The van der Waals surface area contributed by atoms with Gasteiger partial charge in [0.1, 0.15) is 5.82 Å². The smallest absolute Gasteiger partial charge is 0.279 e. The quantitative estimate of drug-likeness (QED) is 0.643. The molecule has 26 heavy (non-hydrogen) atoms. The number of hydroxylamine groups is 1. The van der Waals surface area contributed by atoms with Crippen molar-refractivity contribution >= 4 is 5.91 Å². The Morgan fingerprint density at radius 2 is 1.92 bits per heavy atom. The molecule has 140 valence electrons. The second-order valence-electron chi connectivity index (χ2n) is 9.23. The van der Waals surface area contributed by atoms with E-state index in [0.29, 0.717) is 23.9 Å². The first-order chi connectivity index (χ1) is 12.5. The van der Waals surface area contributed by atoms with Crippen LogP contribution in [0.1, 0.15) is 60.1 Å². The largest absolute Gasteiger partial charge is 0.297 e. The number of rotatable bonds is 3.